The molecule has 116 valence electrons. The van der Waals surface area contributed by atoms with Crippen molar-refractivity contribution in [2.75, 3.05) is 0 Å². The maximum atomic E-state index is 2.29. The van der Waals surface area contributed by atoms with Crippen LogP contribution < -0.4 is 4.46 Å². The van der Waals surface area contributed by atoms with E-state index in [1.165, 1.54) is 35.0 Å². The van der Waals surface area contributed by atoms with E-state index in [2.05, 4.69) is 74.5 Å². The molecule has 0 aromatic heterocycles. The summed E-state index contributed by atoms with van der Waals surface area (Å²) >= 11 is 2.42. The predicted octanol–water partition coefficient (Wildman–Crippen LogP) is 5.62. The van der Waals surface area contributed by atoms with E-state index < -0.39 is 0 Å². The monoisotopic (exact) mass is 376 g/mol. The zero-order valence-corrected chi connectivity index (χ0v) is 15.9. The van der Waals surface area contributed by atoms with Crippen molar-refractivity contribution in [2.24, 2.45) is 0 Å². The Balaban J connectivity index is 2.25. The molecule has 0 saturated heterocycles. The SMILES string of the molecule is CCC/C(Sc1ccccc1)=C(/CCC)[Se]c1ccccc1. The zero-order valence-electron chi connectivity index (χ0n) is 13.4. The molecule has 0 nitrogen and oxygen atoms in total. The summed E-state index contributed by atoms with van der Waals surface area (Å²) in [7, 11) is 0. The molecule has 2 aromatic carbocycles. The van der Waals surface area contributed by atoms with Gasteiger partial charge in [-0.1, -0.05) is 0 Å². The Bertz CT molecular complexity index is 522. The van der Waals surface area contributed by atoms with Crippen LogP contribution in [-0.4, -0.2) is 15.0 Å². The number of rotatable bonds is 8. The Morgan fingerprint density at radius 1 is 0.818 bits per heavy atom. The summed E-state index contributed by atoms with van der Waals surface area (Å²) < 4.78 is 3.16. The fraction of sp³-hybridized carbons (Fsp3) is 0.300. The average molecular weight is 375 g/mol. The van der Waals surface area contributed by atoms with Gasteiger partial charge in [0, 0.05) is 0 Å². The molecule has 2 rings (SSSR count). The molecule has 0 aliphatic rings. The van der Waals surface area contributed by atoms with Crippen LogP contribution in [0.25, 0.3) is 0 Å². The fourth-order valence-electron chi connectivity index (χ4n) is 2.21. The van der Waals surface area contributed by atoms with Gasteiger partial charge in [0.1, 0.15) is 0 Å². The fourth-order valence-corrected chi connectivity index (χ4v) is 6.10. The van der Waals surface area contributed by atoms with Gasteiger partial charge in [0.05, 0.1) is 0 Å². The van der Waals surface area contributed by atoms with Gasteiger partial charge in [0.15, 0.2) is 0 Å². The van der Waals surface area contributed by atoms with Crippen LogP contribution >= 0.6 is 11.8 Å². The van der Waals surface area contributed by atoms with Gasteiger partial charge in [0.25, 0.3) is 0 Å². The van der Waals surface area contributed by atoms with Crippen LogP contribution in [0.3, 0.4) is 0 Å². The van der Waals surface area contributed by atoms with E-state index in [9.17, 15) is 0 Å². The molecular formula is C20H24SSe. The van der Waals surface area contributed by atoms with Crippen LogP contribution in [0.4, 0.5) is 0 Å². The van der Waals surface area contributed by atoms with Crippen LogP contribution in [-0.2, 0) is 0 Å². The van der Waals surface area contributed by atoms with Gasteiger partial charge in [-0.05, 0) is 0 Å². The Kier molecular flexibility index (Phi) is 7.87. The summed E-state index contributed by atoms with van der Waals surface area (Å²) in [6.07, 6.45) is 4.87. The molecule has 0 bridgehead atoms. The van der Waals surface area contributed by atoms with Gasteiger partial charge in [-0.2, -0.15) is 0 Å². The average Bonchev–Trinajstić information content (AvgIpc) is 2.56. The first kappa shape index (κ1) is 17.4. The van der Waals surface area contributed by atoms with E-state index in [1.54, 1.807) is 9.38 Å². The van der Waals surface area contributed by atoms with Gasteiger partial charge < -0.3 is 0 Å². The molecule has 0 aliphatic carbocycles. The Morgan fingerprint density at radius 3 is 2.00 bits per heavy atom. The molecule has 0 saturated carbocycles. The van der Waals surface area contributed by atoms with Crippen molar-refractivity contribution in [2.45, 2.75) is 44.4 Å². The minimum atomic E-state index is 0.448. The van der Waals surface area contributed by atoms with E-state index in [-0.39, 0.29) is 0 Å². The van der Waals surface area contributed by atoms with E-state index in [0.717, 1.165) is 0 Å². The zero-order chi connectivity index (χ0) is 15.6. The van der Waals surface area contributed by atoms with Crippen LogP contribution in [0.15, 0.2) is 74.9 Å². The molecule has 0 heterocycles. The number of allylic oxidation sites excluding steroid dienone is 2. The second kappa shape index (κ2) is 9.94. The first-order valence-corrected chi connectivity index (χ1v) is 10.5. The summed E-state index contributed by atoms with van der Waals surface area (Å²) in [5.41, 5.74) is 0. The van der Waals surface area contributed by atoms with Crippen LogP contribution in [0, 0.1) is 0 Å². The number of benzene rings is 2. The number of hydrogen-bond donors (Lipinski definition) is 0. The summed E-state index contributed by atoms with van der Waals surface area (Å²) in [6, 6.07) is 21.8. The van der Waals surface area contributed by atoms with Crippen molar-refractivity contribution in [1.82, 2.24) is 0 Å². The summed E-state index contributed by atoms with van der Waals surface area (Å²) in [5.74, 6) is 0. The topological polar surface area (TPSA) is 0 Å². The van der Waals surface area contributed by atoms with Gasteiger partial charge in [-0.25, -0.2) is 0 Å². The van der Waals surface area contributed by atoms with Crippen LogP contribution in [0.5, 0.6) is 0 Å². The third-order valence-corrected chi connectivity index (χ3v) is 7.26. The number of thioether (sulfide) groups is 1. The molecule has 0 radical (unpaired) electrons. The van der Waals surface area contributed by atoms with Crippen molar-refractivity contribution >= 4 is 31.2 Å². The van der Waals surface area contributed by atoms with Gasteiger partial charge in [-0.15, -0.1) is 0 Å². The van der Waals surface area contributed by atoms with Gasteiger partial charge >= 0.3 is 146 Å². The van der Waals surface area contributed by atoms with E-state index >= 15 is 0 Å². The molecule has 0 unspecified atom stereocenters. The number of hydrogen-bond acceptors (Lipinski definition) is 1. The molecule has 2 aromatic rings. The Morgan fingerprint density at radius 2 is 1.41 bits per heavy atom. The van der Waals surface area contributed by atoms with Gasteiger partial charge in [0.2, 0.25) is 0 Å². The molecule has 0 spiro atoms. The first-order valence-electron chi connectivity index (χ1n) is 8.01. The van der Waals surface area contributed by atoms with E-state index in [0.29, 0.717) is 15.0 Å². The van der Waals surface area contributed by atoms with Crippen molar-refractivity contribution in [3.05, 3.63) is 70.0 Å². The van der Waals surface area contributed by atoms with E-state index in [4.69, 9.17) is 0 Å². The molecule has 0 aliphatic heterocycles. The maximum absolute atomic E-state index is 2.29. The molecule has 0 fully saturated rings. The minimum absolute atomic E-state index is 0.448. The second-order valence-corrected chi connectivity index (χ2v) is 8.80. The van der Waals surface area contributed by atoms with Crippen molar-refractivity contribution < 1.29 is 0 Å². The Hall–Kier alpha value is -0.951. The molecule has 0 amide bonds. The second-order valence-electron chi connectivity index (χ2n) is 5.18. The standard InChI is InChI=1S/C20H24SSe/c1-3-11-19(21-17-13-7-5-8-14-17)20(12-4-2)22-18-15-9-6-10-16-18/h5-10,13-16H,3-4,11-12H2,1-2H3/b20-19+. The van der Waals surface area contributed by atoms with Crippen LogP contribution in [0.1, 0.15) is 39.5 Å². The third kappa shape index (κ3) is 5.68. The van der Waals surface area contributed by atoms with Crippen molar-refractivity contribution in [3.8, 4) is 0 Å². The summed E-state index contributed by atoms with van der Waals surface area (Å²) in [5, 5.41) is 0. The van der Waals surface area contributed by atoms with Crippen molar-refractivity contribution in [1.29, 1.82) is 0 Å². The van der Waals surface area contributed by atoms with Crippen LogP contribution in [0.2, 0.25) is 0 Å². The molecule has 0 N–H and O–H groups in total. The predicted molar refractivity (Wildman–Crippen MR) is 101 cm³/mol. The molecule has 0 atom stereocenters. The van der Waals surface area contributed by atoms with Gasteiger partial charge in [-0.3, -0.25) is 0 Å². The molecular weight excluding hydrogens is 351 g/mol. The summed E-state index contributed by atoms with van der Waals surface area (Å²) in [4.78, 5) is 2.96. The third-order valence-electron chi connectivity index (χ3n) is 3.23. The van der Waals surface area contributed by atoms with Crippen molar-refractivity contribution in [3.63, 3.8) is 0 Å². The molecule has 2 heteroatoms. The first-order chi connectivity index (χ1) is 10.8. The van der Waals surface area contributed by atoms with E-state index in [1.807, 2.05) is 11.8 Å². The Labute approximate surface area is 145 Å². The molecule has 22 heavy (non-hydrogen) atoms. The summed E-state index contributed by atoms with van der Waals surface area (Å²) in [6.45, 7) is 4.57. The normalized spacial score (nSPS) is 12.1. The quantitative estimate of drug-likeness (QED) is 0.426.